The number of aliphatic hydroxyl groups excluding tert-OH is 1. The Morgan fingerprint density at radius 2 is 2.14 bits per heavy atom. The van der Waals surface area contributed by atoms with Gasteiger partial charge in [-0.2, -0.15) is 0 Å². The van der Waals surface area contributed by atoms with Crippen molar-refractivity contribution in [1.82, 2.24) is 14.7 Å². The van der Waals surface area contributed by atoms with E-state index in [1.165, 1.54) is 0 Å². The van der Waals surface area contributed by atoms with E-state index in [4.69, 9.17) is 0 Å². The first-order valence-corrected chi connectivity index (χ1v) is 7.90. The third kappa shape index (κ3) is 6.16. The lowest BCUT2D eigenvalue weighted by Crippen LogP contribution is -2.55. The SMILES string of the molecule is C=C(C)CN(CC)C(=O)CN1CCN(C[C@H](C)O)[C@H](C)C1. The molecule has 0 unspecified atom stereocenters. The number of hydrogen-bond donors (Lipinski definition) is 1. The molecule has 1 fully saturated rings. The molecule has 0 bridgehead atoms. The second-order valence-electron chi connectivity index (χ2n) is 6.29. The largest absolute Gasteiger partial charge is 0.392 e. The number of likely N-dealkylation sites (N-methyl/N-ethyl adjacent to an activating group) is 1. The Hall–Kier alpha value is -0.910. The molecule has 2 atom stereocenters. The number of aliphatic hydroxyl groups is 1. The Labute approximate surface area is 129 Å². The fourth-order valence-corrected chi connectivity index (χ4v) is 2.82. The molecule has 1 aliphatic rings. The number of carbonyl (C=O) groups excluding carboxylic acids is 1. The van der Waals surface area contributed by atoms with Gasteiger partial charge in [-0.25, -0.2) is 0 Å². The molecule has 1 N–H and O–H groups in total. The summed E-state index contributed by atoms with van der Waals surface area (Å²) < 4.78 is 0. The molecular weight excluding hydrogens is 266 g/mol. The van der Waals surface area contributed by atoms with Crippen LogP contribution in [0.1, 0.15) is 27.7 Å². The lowest BCUT2D eigenvalue weighted by molar-refractivity contribution is -0.132. The highest BCUT2D eigenvalue weighted by atomic mass is 16.3. The standard InChI is InChI=1S/C16H31N3O2/c1-6-18(9-13(2)3)16(21)12-17-7-8-19(11-15(5)20)14(4)10-17/h14-15,20H,2,6-12H2,1,3-5H3/t14-,15+/m1/s1. The van der Waals surface area contributed by atoms with Crippen molar-refractivity contribution in [2.75, 3.05) is 45.8 Å². The first-order valence-electron chi connectivity index (χ1n) is 7.90. The van der Waals surface area contributed by atoms with Gasteiger partial charge >= 0.3 is 0 Å². The van der Waals surface area contributed by atoms with E-state index >= 15 is 0 Å². The maximum Gasteiger partial charge on any atom is 0.237 e. The van der Waals surface area contributed by atoms with E-state index in [-0.39, 0.29) is 12.0 Å². The first kappa shape index (κ1) is 18.1. The molecule has 0 aromatic rings. The molecular formula is C16H31N3O2. The molecule has 1 saturated heterocycles. The highest BCUT2D eigenvalue weighted by Crippen LogP contribution is 2.10. The molecule has 0 aliphatic carbocycles. The summed E-state index contributed by atoms with van der Waals surface area (Å²) in [6.45, 7) is 17.0. The summed E-state index contributed by atoms with van der Waals surface area (Å²) in [6, 6.07) is 0.373. The summed E-state index contributed by atoms with van der Waals surface area (Å²) >= 11 is 0. The van der Waals surface area contributed by atoms with E-state index in [1.54, 1.807) is 0 Å². The molecule has 21 heavy (non-hydrogen) atoms. The Kier molecular flexibility index (Phi) is 7.35. The summed E-state index contributed by atoms with van der Waals surface area (Å²) in [5.74, 6) is 0.177. The van der Waals surface area contributed by atoms with Crippen molar-refractivity contribution in [3.05, 3.63) is 12.2 Å². The van der Waals surface area contributed by atoms with Gasteiger partial charge in [-0.05, 0) is 27.7 Å². The van der Waals surface area contributed by atoms with Crippen molar-refractivity contribution < 1.29 is 9.90 Å². The fraction of sp³-hybridized carbons (Fsp3) is 0.812. The van der Waals surface area contributed by atoms with Crippen molar-refractivity contribution in [2.24, 2.45) is 0 Å². The number of amides is 1. The van der Waals surface area contributed by atoms with E-state index in [0.717, 1.165) is 31.8 Å². The normalized spacial score (nSPS) is 22.0. The number of piperazine rings is 1. The van der Waals surface area contributed by atoms with Gasteiger partial charge in [-0.3, -0.25) is 14.6 Å². The molecule has 0 spiro atoms. The number of carbonyl (C=O) groups is 1. The van der Waals surface area contributed by atoms with Crippen LogP contribution in [0, 0.1) is 0 Å². The minimum Gasteiger partial charge on any atom is -0.392 e. The van der Waals surface area contributed by atoms with Crippen LogP contribution >= 0.6 is 0 Å². The van der Waals surface area contributed by atoms with Gasteiger partial charge in [0.15, 0.2) is 0 Å². The molecule has 0 saturated carbocycles. The number of nitrogens with zero attached hydrogens (tertiary/aromatic N) is 3. The maximum atomic E-state index is 12.3. The van der Waals surface area contributed by atoms with Crippen molar-refractivity contribution in [1.29, 1.82) is 0 Å². The average Bonchev–Trinajstić information content (AvgIpc) is 2.38. The molecule has 1 aliphatic heterocycles. The van der Waals surface area contributed by atoms with E-state index in [2.05, 4.69) is 23.3 Å². The van der Waals surface area contributed by atoms with E-state index in [9.17, 15) is 9.90 Å². The highest BCUT2D eigenvalue weighted by Gasteiger charge is 2.26. The van der Waals surface area contributed by atoms with Crippen LogP contribution in [0.3, 0.4) is 0 Å². The first-order chi connectivity index (χ1) is 9.83. The molecule has 1 rings (SSSR count). The summed E-state index contributed by atoms with van der Waals surface area (Å²) in [7, 11) is 0. The zero-order valence-corrected chi connectivity index (χ0v) is 14.0. The summed E-state index contributed by atoms with van der Waals surface area (Å²) in [6.07, 6.45) is -0.299. The lowest BCUT2D eigenvalue weighted by atomic mass is 10.1. The zero-order valence-electron chi connectivity index (χ0n) is 14.0. The molecule has 122 valence electrons. The Morgan fingerprint density at radius 3 is 2.62 bits per heavy atom. The average molecular weight is 297 g/mol. The molecule has 0 radical (unpaired) electrons. The second-order valence-corrected chi connectivity index (χ2v) is 6.29. The van der Waals surface area contributed by atoms with Crippen LogP contribution in [-0.2, 0) is 4.79 Å². The highest BCUT2D eigenvalue weighted by molar-refractivity contribution is 5.78. The van der Waals surface area contributed by atoms with Gasteiger partial charge < -0.3 is 10.0 Å². The Balaban J connectivity index is 2.46. The molecule has 1 heterocycles. The van der Waals surface area contributed by atoms with E-state index < -0.39 is 0 Å². The van der Waals surface area contributed by atoms with Gasteiger partial charge in [0.25, 0.3) is 0 Å². The van der Waals surface area contributed by atoms with Gasteiger partial charge in [0.2, 0.25) is 5.91 Å². The van der Waals surface area contributed by atoms with E-state index in [0.29, 0.717) is 25.7 Å². The number of hydrogen-bond acceptors (Lipinski definition) is 4. The van der Waals surface area contributed by atoms with Crippen LogP contribution in [0.5, 0.6) is 0 Å². The van der Waals surface area contributed by atoms with Crippen molar-refractivity contribution in [2.45, 2.75) is 39.8 Å². The van der Waals surface area contributed by atoms with Gasteiger partial charge in [0.05, 0.1) is 12.6 Å². The van der Waals surface area contributed by atoms with Crippen LogP contribution in [0.2, 0.25) is 0 Å². The predicted octanol–water partition coefficient (Wildman–Crippen LogP) is 0.798. The minimum absolute atomic E-state index is 0.177. The zero-order chi connectivity index (χ0) is 16.0. The minimum atomic E-state index is -0.299. The summed E-state index contributed by atoms with van der Waals surface area (Å²) in [5.41, 5.74) is 1.01. The van der Waals surface area contributed by atoms with Crippen molar-refractivity contribution in [3.8, 4) is 0 Å². The summed E-state index contributed by atoms with van der Waals surface area (Å²) in [4.78, 5) is 18.7. The second kappa shape index (κ2) is 8.51. The third-order valence-corrected chi connectivity index (χ3v) is 3.90. The van der Waals surface area contributed by atoms with Crippen molar-refractivity contribution >= 4 is 5.91 Å². The lowest BCUT2D eigenvalue weighted by Gasteiger charge is -2.40. The maximum absolute atomic E-state index is 12.3. The quantitative estimate of drug-likeness (QED) is 0.706. The van der Waals surface area contributed by atoms with Crippen LogP contribution in [0.15, 0.2) is 12.2 Å². The van der Waals surface area contributed by atoms with Crippen LogP contribution in [0.4, 0.5) is 0 Å². The Bertz CT molecular complexity index is 357. The van der Waals surface area contributed by atoms with Crippen LogP contribution in [-0.4, -0.2) is 83.7 Å². The van der Waals surface area contributed by atoms with Gasteiger partial charge in [-0.15, -0.1) is 0 Å². The predicted molar refractivity (Wildman–Crippen MR) is 86.2 cm³/mol. The molecule has 0 aromatic heterocycles. The van der Waals surface area contributed by atoms with Crippen LogP contribution in [0.25, 0.3) is 0 Å². The van der Waals surface area contributed by atoms with E-state index in [1.807, 2.05) is 25.7 Å². The smallest absolute Gasteiger partial charge is 0.237 e. The fourth-order valence-electron chi connectivity index (χ4n) is 2.82. The Morgan fingerprint density at radius 1 is 1.48 bits per heavy atom. The van der Waals surface area contributed by atoms with Crippen molar-refractivity contribution in [3.63, 3.8) is 0 Å². The van der Waals surface area contributed by atoms with Gasteiger partial charge in [0.1, 0.15) is 0 Å². The third-order valence-electron chi connectivity index (χ3n) is 3.90. The number of rotatable bonds is 7. The molecule has 5 nitrogen and oxygen atoms in total. The molecule has 0 aromatic carbocycles. The summed E-state index contributed by atoms with van der Waals surface area (Å²) in [5, 5.41) is 9.50. The topological polar surface area (TPSA) is 47.0 Å². The number of β-amino-alcohol motifs (C(OH)–C–C–N with tert-alkyl or cyclic N) is 1. The monoisotopic (exact) mass is 297 g/mol. The van der Waals surface area contributed by atoms with Gasteiger partial charge in [-0.1, -0.05) is 12.2 Å². The molecule has 1 amide bonds. The molecule has 5 heteroatoms. The van der Waals surface area contributed by atoms with Crippen LogP contribution < -0.4 is 0 Å². The van der Waals surface area contributed by atoms with Gasteiger partial charge in [0, 0.05) is 45.3 Å².